The second-order valence-electron chi connectivity index (χ2n) is 9.77. The molecule has 10 nitrogen and oxygen atoms in total. The van der Waals surface area contributed by atoms with Gasteiger partial charge in [0.05, 0.1) is 47.7 Å². The Morgan fingerprint density at radius 3 is 2.10 bits per heavy atom. The molecule has 2 aromatic carbocycles. The topological polar surface area (TPSA) is 88.2 Å². The number of hydrogen-bond acceptors (Lipinski definition) is 10. The number of aldehydes is 1. The zero-order valence-electron chi connectivity index (χ0n) is 24.3. The van der Waals surface area contributed by atoms with Crippen LogP contribution in [0.4, 0.5) is 0 Å². The Bertz CT molecular complexity index is 1180. The van der Waals surface area contributed by atoms with E-state index in [0.717, 1.165) is 51.9 Å². The summed E-state index contributed by atoms with van der Waals surface area (Å²) in [6.07, 6.45) is 2.67. The van der Waals surface area contributed by atoms with Gasteiger partial charge < -0.3 is 47.8 Å². The van der Waals surface area contributed by atoms with Gasteiger partial charge in [0.15, 0.2) is 23.0 Å². The van der Waals surface area contributed by atoms with E-state index in [1.54, 1.807) is 59.8 Å². The number of unbranched alkanes of at least 4 members (excludes halogenated alkanes) is 1. The maximum atomic E-state index is 12.7. The SMILES string of the molecule is COc1cc(OC)c2c(c1)OC(c1cc(OC)c(OC)c(OC)c1)=C(OCCCCN1CCN(C)CC1)C2C=O. The Hall–Kier alpha value is -3.63. The molecule has 0 amide bonds. The average molecular weight is 557 g/mol. The van der Waals surface area contributed by atoms with Gasteiger partial charge in [-0.1, -0.05) is 0 Å². The normalized spacial score (nSPS) is 17.5. The standard InChI is InChI=1S/C30H40N2O8/c1-31-10-12-32(13-11-31)9-7-8-14-39-29-22(19-33)27-23(35-3)17-21(34-2)18-24(27)40-28(29)20-15-25(36-4)30(38-6)26(16-20)37-5/h15-19,22H,7-14H2,1-6H3. The van der Waals surface area contributed by atoms with Crippen molar-refractivity contribution >= 4 is 12.0 Å². The van der Waals surface area contributed by atoms with Crippen molar-refractivity contribution in [2.45, 2.75) is 18.8 Å². The zero-order valence-corrected chi connectivity index (χ0v) is 24.3. The summed E-state index contributed by atoms with van der Waals surface area (Å²) in [5, 5.41) is 0. The van der Waals surface area contributed by atoms with E-state index in [9.17, 15) is 4.79 Å². The Balaban J connectivity index is 1.68. The van der Waals surface area contributed by atoms with E-state index in [2.05, 4.69) is 16.8 Å². The second-order valence-corrected chi connectivity index (χ2v) is 9.77. The third kappa shape index (κ3) is 6.23. The van der Waals surface area contributed by atoms with E-state index < -0.39 is 5.92 Å². The molecule has 1 fully saturated rings. The molecule has 0 bridgehead atoms. The number of fused-ring (bicyclic) bond motifs is 1. The number of likely N-dealkylation sites (N-methyl/N-ethyl adjacent to an activating group) is 1. The molecule has 4 rings (SSSR count). The summed E-state index contributed by atoms with van der Waals surface area (Å²) in [6, 6.07) is 7.02. The molecule has 10 heteroatoms. The smallest absolute Gasteiger partial charge is 0.203 e. The van der Waals surface area contributed by atoms with Crippen LogP contribution in [0.25, 0.3) is 5.76 Å². The molecule has 2 aromatic rings. The number of piperazine rings is 1. The van der Waals surface area contributed by atoms with Gasteiger partial charge in [-0.2, -0.15) is 0 Å². The molecule has 2 heterocycles. The molecule has 1 atom stereocenters. The fraction of sp³-hybridized carbons (Fsp3) is 0.500. The van der Waals surface area contributed by atoms with Crippen LogP contribution in [0.2, 0.25) is 0 Å². The van der Waals surface area contributed by atoms with Gasteiger partial charge in [0.1, 0.15) is 29.5 Å². The molecule has 0 radical (unpaired) electrons. The van der Waals surface area contributed by atoms with Crippen molar-refractivity contribution in [3.8, 4) is 34.5 Å². The summed E-state index contributed by atoms with van der Waals surface area (Å²) in [5.74, 6) is 2.86. The van der Waals surface area contributed by atoms with Crippen molar-refractivity contribution < 1.29 is 38.0 Å². The van der Waals surface area contributed by atoms with Gasteiger partial charge in [0.2, 0.25) is 5.75 Å². The van der Waals surface area contributed by atoms with E-state index in [-0.39, 0.29) is 0 Å². The maximum Gasteiger partial charge on any atom is 0.203 e. The summed E-state index contributed by atoms with van der Waals surface area (Å²) in [5.41, 5.74) is 1.20. The van der Waals surface area contributed by atoms with Gasteiger partial charge in [-0.3, -0.25) is 0 Å². The molecule has 0 spiro atoms. The molecule has 1 unspecified atom stereocenters. The van der Waals surface area contributed by atoms with Crippen molar-refractivity contribution in [3.63, 3.8) is 0 Å². The molecular formula is C30H40N2O8. The lowest BCUT2D eigenvalue weighted by molar-refractivity contribution is -0.109. The van der Waals surface area contributed by atoms with E-state index in [0.29, 0.717) is 63.7 Å². The monoisotopic (exact) mass is 556 g/mol. The maximum absolute atomic E-state index is 12.7. The van der Waals surface area contributed by atoms with Crippen molar-refractivity contribution in [2.75, 3.05) is 81.9 Å². The van der Waals surface area contributed by atoms with Gasteiger partial charge in [0, 0.05) is 43.9 Å². The Labute approximate surface area is 236 Å². The molecule has 40 heavy (non-hydrogen) atoms. The molecule has 0 N–H and O–H groups in total. The van der Waals surface area contributed by atoms with Crippen LogP contribution in [0.1, 0.15) is 29.9 Å². The van der Waals surface area contributed by atoms with Crippen LogP contribution in [-0.4, -0.2) is 98.0 Å². The molecule has 0 aromatic heterocycles. The number of hydrogen-bond donors (Lipinski definition) is 0. The second kappa shape index (κ2) is 13.6. The molecule has 2 aliphatic heterocycles. The highest BCUT2D eigenvalue weighted by Crippen LogP contribution is 2.49. The number of allylic oxidation sites excluding steroid dienone is 1. The fourth-order valence-corrected chi connectivity index (χ4v) is 5.08. The Morgan fingerprint density at radius 2 is 1.52 bits per heavy atom. The lowest BCUT2D eigenvalue weighted by Gasteiger charge is -2.32. The fourth-order valence-electron chi connectivity index (χ4n) is 5.08. The van der Waals surface area contributed by atoms with Gasteiger partial charge in [0.25, 0.3) is 0 Å². The first kappa shape index (κ1) is 29.4. The summed E-state index contributed by atoms with van der Waals surface area (Å²) >= 11 is 0. The van der Waals surface area contributed by atoms with Crippen LogP contribution < -0.4 is 28.4 Å². The Kier molecular flexibility index (Phi) is 10.0. The van der Waals surface area contributed by atoms with Gasteiger partial charge >= 0.3 is 0 Å². The van der Waals surface area contributed by atoms with Gasteiger partial charge in [-0.15, -0.1) is 0 Å². The summed E-state index contributed by atoms with van der Waals surface area (Å²) < 4.78 is 40.6. The van der Waals surface area contributed by atoms with Crippen molar-refractivity contribution in [1.29, 1.82) is 0 Å². The summed E-state index contributed by atoms with van der Waals surface area (Å²) in [7, 11) is 9.91. The van der Waals surface area contributed by atoms with Crippen molar-refractivity contribution in [2.24, 2.45) is 0 Å². The number of nitrogens with zero attached hydrogens (tertiary/aromatic N) is 2. The van der Waals surface area contributed by atoms with Gasteiger partial charge in [-0.05, 0) is 38.6 Å². The van der Waals surface area contributed by atoms with E-state index in [1.165, 1.54) is 0 Å². The third-order valence-corrected chi connectivity index (χ3v) is 7.35. The van der Waals surface area contributed by atoms with Gasteiger partial charge in [-0.25, -0.2) is 0 Å². The lowest BCUT2D eigenvalue weighted by atomic mass is 9.91. The van der Waals surface area contributed by atoms with Crippen LogP contribution in [0.15, 0.2) is 30.0 Å². The van der Waals surface area contributed by atoms with E-state index >= 15 is 0 Å². The lowest BCUT2D eigenvalue weighted by Crippen LogP contribution is -2.44. The molecule has 218 valence electrons. The minimum Gasteiger partial charge on any atom is -0.496 e. The number of methoxy groups -OCH3 is 5. The van der Waals surface area contributed by atoms with Crippen molar-refractivity contribution in [1.82, 2.24) is 9.80 Å². The molecule has 0 aliphatic carbocycles. The van der Waals surface area contributed by atoms with Crippen molar-refractivity contribution in [3.05, 3.63) is 41.2 Å². The minimum absolute atomic E-state index is 0.387. The van der Waals surface area contributed by atoms with Crippen LogP contribution in [0.5, 0.6) is 34.5 Å². The molecule has 0 saturated carbocycles. The minimum atomic E-state index is -0.753. The van der Waals surface area contributed by atoms with Crippen LogP contribution >= 0.6 is 0 Å². The highest BCUT2D eigenvalue weighted by molar-refractivity contribution is 5.82. The summed E-state index contributed by atoms with van der Waals surface area (Å²) in [6.45, 7) is 5.78. The first-order valence-electron chi connectivity index (χ1n) is 13.4. The molecule has 2 aliphatic rings. The van der Waals surface area contributed by atoms with Crippen LogP contribution in [-0.2, 0) is 9.53 Å². The molecule has 1 saturated heterocycles. The van der Waals surface area contributed by atoms with Crippen LogP contribution in [0, 0.1) is 0 Å². The predicted molar refractivity (Wildman–Crippen MR) is 151 cm³/mol. The highest BCUT2D eigenvalue weighted by atomic mass is 16.5. The Morgan fingerprint density at radius 1 is 0.850 bits per heavy atom. The number of rotatable bonds is 13. The largest absolute Gasteiger partial charge is 0.496 e. The number of carbonyl (C=O) groups excluding carboxylic acids is 1. The highest BCUT2D eigenvalue weighted by Gasteiger charge is 2.36. The van der Waals surface area contributed by atoms with E-state index in [1.807, 2.05) is 0 Å². The third-order valence-electron chi connectivity index (χ3n) is 7.35. The number of benzene rings is 2. The zero-order chi connectivity index (χ0) is 28.6. The quantitative estimate of drug-likeness (QED) is 0.268. The average Bonchev–Trinajstić information content (AvgIpc) is 2.99. The summed E-state index contributed by atoms with van der Waals surface area (Å²) in [4.78, 5) is 17.5. The number of carbonyl (C=O) groups is 1. The first-order valence-corrected chi connectivity index (χ1v) is 13.4. The molecular weight excluding hydrogens is 516 g/mol. The first-order chi connectivity index (χ1) is 19.5. The van der Waals surface area contributed by atoms with Crippen LogP contribution in [0.3, 0.4) is 0 Å². The van der Waals surface area contributed by atoms with E-state index in [4.69, 9.17) is 33.2 Å². The number of ether oxygens (including phenoxy) is 7. The predicted octanol–water partition coefficient (Wildman–Crippen LogP) is 3.82.